The summed E-state index contributed by atoms with van der Waals surface area (Å²) in [5, 5.41) is 3.12. The Morgan fingerprint density at radius 2 is 2.28 bits per heavy atom. The number of hydrogen-bond acceptors (Lipinski definition) is 4. The van der Waals surface area contributed by atoms with Crippen LogP contribution < -0.4 is 10.1 Å². The van der Waals surface area contributed by atoms with Crippen molar-refractivity contribution >= 4 is 5.95 Å². The second-order valence-electron chi connectivity index (χ2n) is 5.22. The van der Waals surface area contributed by atoms with Gasteiger partial charge in [0.2, 0.25) is 11.8 Å². The molecule has 100 valence electrons. The lowest BCUT2D eigenvalue weighted by Crippen LogP contribution is -2.25. The lowest BCUT2D eigenvalue weighted by Gasteiger charge is -2.27. The number of nitrogens with zero attached hydrogens (tertiary/aromatic N) is 2. The molecule has 1 aliphatic carbocycles. The molecule has 4 nitrogen and oxygen atoms in total. The molecule has 1 N–H and O–H groups in total. The van der Waals surface area contributed by atoms with E-state index in [2.05, 4.69) is 22.2 Å². The van der Waals surface area contributed by atoms with Gasteiger partial charge in [-0.3, -0.25) is 0 Å². The van der Waals surface area contributed by atoms with Gasteiger partial charge in [-0.15, -0.1) is 0 Å². The van der Waals surface area contributed by atoms with Crippen LogP contribution in [0, 0.1) is 12.8 Å². The first-order chi connectivity index (χ1) is 8.69. The second-order valence-corrected chi connectivity index (χ2v) is 5.22. The van der Waals surface area contributed by atoms with E-state index in [0.717, 1.165) is 36.7 Å². The number of anilines is 1. The minimum Gasteiger partial charge on any atom is -0.474 e. The van der Waals surface area contributed by atoms with E-state index >= 15 is 0 Å². The van der Waals surface area contributed by atoms with Gasteiger partial charge in [0, 0.05) is 18.3 Å². The van der Waals surface area contributed by atoms with Crippen molar-refractivity contribution in [1.82, 2.24) is 9.97 Å². The number of ether oxygens (including phenoxy) is 1. The van der Waals surface area contributed by atoms with Crippen LogP contribution in [0.5, 0.6) is 5.88 Å². The van der Waals surface area contributed by atoms with Crippen molar-refractivity contribution < 1.29 is 4.74 Å². The van der Waals surface area contributed by atoms with E-state index in [1.807, 2.05) is 20.0 Å². The van der Waals surface area contributed by atoms with E-state index < -0.39 is 0 Å². The molecule has 1 aromatic rings. The van der Waals surface area contributed by atoms with Crippen LogP contribution in [0.15, 0.2) is 6.20 Å². The molecule has 0 radical (unpaired) electrons. The first kappa shape index (κ1) is 13.1. The van der Waals surface area contributed by atoms with Crippen molar-refractivity contribution in [2.45, 2.75) is 52.6 Å². The van der Waals surface area contributed by atoms with Gasteiger partial charge in [0.15, 0.2) is 0 Å². The summed E-state index contributed by atoms with van der Waals surface area (Å²) in [6.45, 7) is 7.15. The fourth-order valence-corrected chi connectivity index (χ4v) is 2.43. The van der Waals surface area contributed by atoms with Crippen molar-refractivity contribution in [2.24, 2.45) is 5.92 Å². The average molecular weight is 249 g/mol. The van der Waals surface area contributed by atoms with Crippen LogP contribution in [0.2, 0.25) is 0 Å². The molecule has 1 aromatic heterocycles. The minimum atomic E-state index is 0.317. The van der Waals surface area contributed by atoms with Crippen LogP contribution in [0.25, 0.3) is 0 Å². The maximum Gasteiger partial charge on any atom is 0.225 e. The lowest BCUT2D eigenvalue weighted by atomic mass is 9.89. The molecule has 1 aliphatic rings. The molecule has 4 heteroatoms. The number of aryl methyl sites for hydroxylation is 1. The second kappa shape index (κ2) is 6.03. The van der Waals surface area contributed by atoms with E-state index in [4.69, 9.17) is 4.74 Å². The van der Waals surface area contributed by atoms with Crippen LogP contribution in [0.3, 0.4) is 0 Å². The molecule has 0 bridgehead atoms. The summed E-state index contributed by atoms with van der Waals surface area (Å²) in [5.74, 6) is 2.15. The van der Waals surface area contributed by atoms with Gasteiger partial charge in [-0.2, -0.15) is 4.98 Å². The molecule has 1 saturated carbocycles. The molecule has 18 heavy (non-hydrogen) atoms. The van der Waals surface area contributed by atoms with E-state index in [9.17, 15) is 0 Å². The number of hydrogen-bond donors (Lipinski definition) is 1. The quantitative estimate of drug-likeness (QED) is 0.890. The van der Waals surface area contributed by atoms with Gasteiger partial charge in [0.1, 0.15) is 6.10 Å². The maximum atomic E-state index is 6.05. The molecular weight excluding hydrogens is 226 g/mol. The standard InChI is InChI=1S/C14H23N3O/c1-4-15-14-16-9-11(3)13(17-14)18-12-7-5-6-10(2)8-12/h9-10,12H,4-8H2,1-3H3,(H,15,16,17). The van der Waals surface area contributed by atoms with Crippen LogP contribution in [-0.2, 0) is 0 Å². The highest BCUT2D eigenvalue weighted by Crippen LogP contribution is 2.28. The molecular formula is C14H23N3O. The van der Waals surface area contributed by atoms with E-state index in [-0.39, 0.29) is 0 Å². The third-order valence-corrected chi connectivity index (χ3v) is 3.43. The van der Waals surface area contributed by atoms with Crippen molar-refractivity contribution in [1.29, 1.82) is 0 Å². The van der Waals surface area contributed by atoms with Gasteiger partial charge in [-0.05, 0) is 39.0 Å². The molecule has 1 fully saturated rings. The molecule has 2 rings (SSSR count). The van der Waals surface area contributed by atoms with Gasteiger partial charge in [-0.25, -0.2) is 4.98 Å². The summed E-state index contributed by atoms with van der Waals surface area (Å²) >= 11 is 0. The Balaban J connectivity index is 2.05. The number of nitrogens with one attached hydrogen (secondary N) is 1. The predicted molar refractivity (Wildman–Crippen MR) is 73.0 cm³/mol. The predicted octanol–water partition coefficient (Wildman–Crippen LogP) is 3.17. The normalized spacial score (nSPS) is 23.7. The fourth-order valence-electron chi connectivity index (χ4n) is 2.43. The largest absolute Gasteiger partial charge is 0.474 e. The molecule has 0 aromatic carbocycles. The van der Waals surface area contributed by atoms with Crippen molar-refractivity contribution in [2.75, 3.05) is 11.9 Å². The lowest BCUT2D eigenvalue weighted by molar-refractivity contribution is 0.123. The summed E-state index contributed by atoms with van der Waals surface area (Å²) in [7, 11) is 0. The Labute approximate surface area is 109 Å². The van der Waals surface area contributed by atoms with Crippen molar-refractivity contribution in [3.05, 3.63) is 11.8 Å². The Kier molecular flexibility index (Phi) is 4.39. The maximum absolute atomic E-state index is 6.05. The Hall–Kier alpha value is -1.32. The van der Waals surface area contributed by atoms with Gasteiger partial charge in [-0.1, -0.05) is 13.3 Å². The first-order valence-corrected chi connectivity index (χ1v) is 6.93. The molecule has 1 heterocycles. The first-order valence-electron chi connectivity index (χ1n) is 6.93. The molecule has 2 unspecified atom stereocenters. The molecule has 2 atom stereocenters. The highest BCUT2D eigenvalue weighted by molar-refractivity contribution is 5.32. The summed E-state index contributed by atoms with van der Waals surface area (Å²) in [6.07, 6.45) is 7.01. The summed E-state index contributed by atoms with van der Waals surface area (Å²) in [5.41, 5.74) is 1.01. The van der Waals surface area contributed by atoms with E-state index in [1.54, 1.807) is 0 Å². The van der Waals surface area contributed by atoms with Gasteiger partial charge < -0.3 is 10.1 Å². The average Bonchev–Trinajstić information content (AvgIpc) is 2.34. The smallest absolute Gasteiger partial charge is 0.225 e. The third-order valence-electron chi connectivity index (χ3n) is 3.43. The van der Waals surface area contributed by atoms with E-state index in [1.165, 1.54) is 12.8 Å². The van der Waals surface area contributed by atoms with E-state index in [0.29, 0.717) is 12.1 Å². The summed E-state index contributed by atoms with van der Waals surface area (Å²) < 4.78 is 6.05. The van der Waals surface area contributed by atoms with Gasteiger partial charge in [0.05, 0.1) is 0 Å². The summed E-state index contributed by atoms with van der Waals surface area (Å²) in [4.78, 5) is 8.67. The zero-order valence-corrected chi connectivity index (χ0v) is 11.6. The van der Waals surface area contributed by atoms with Crippen LogP contribution in [-0.4, -0.2) is 22.6 Å². The fraction of sp³-hybridized carbons (Fsp3) is 0.714. The molecule has 0 saturated heterocycles. The molecule has 0 amide bonds. The van der Waals surface area contributed by atoms with Gasteiger partial charge >= 0.3 is 0 Å². The molecule has 0 spiro atoms. The summed E-state index contributed by atoms with van der Waals surface area (Å²) in [6, 6.07) is 0. The Morgan fingerprint density at radius 1 is 1.44 bits per heavy atom. The highest BCUT2D eigenvalue weighted by atomic mass is 16.5. The highest BCUT2D eigenvalue weighted by Gasteiger charge is 2.21. The van der Waals surface area contributed by atoms with Crippen molar-refractivity contribution in [3.8, 4) is 5.88 Å². The zero-order chi connectivity index (χ0) is 13.0. The van der Waals surface area contributed by atoms with Crippen LogP contribution >= 0.6 is 0 Å². The zero-order valence-electron chi connectivity index (χ0n) is 11.6. The Bertz CT molecular complexity index is 395. The molecule has 0 aliphatic heterocycles. The monoisotopic (exact) mass is 249 g/mol. The topological polar surface area (TPSA) is 47.0 Å². The SMILES string of the molecule is CCNc1ncc(C)c(OC2CCCC(C)C2)n1. The van der Waals surface area contributed by atoms with Gasteiger partial charge in [0.25, 0.3) is 0 Å². The minimum absolute atomic E-state index is 0.317. The third kappa shape index (κ3) is 3.34. The number of aromatic nitrogens is 2. The van der Waals surface area contributed by atoms with Crippen LogP contribution in [0.1, 0.15) is 45.1 Å². The van der Waals surface area contributed by atoms with Crippen molar-refractivity contribution in [3.63, 3.8) is 0 Å². The Morgan fingerprint density at radius 3 is 3.00 bits per heavy atom. The number of rotatable bonds is 4. The van der Waals surface area contributed by atoms with Crippen LogP contribution in [0.4, 0.5) is 5.95 Å².